The minimum absolute atomic E-state index is 0.642. The number of nitrogens with one attached hydrogen (secondary N) is 1. The molecule has 1 N–H and O–H groups in total. The average Bonchev–Trinajstić information content (AvgIpc) is 2.11. The summed E-state index contributed by atoms with van der Waals surface area (Å²) in [7, 11) is 0. The number of rotatable bonds is 8. The molecule has 0 aromatic heterocycles. The Labute approximate surface area is 96.4 Å². The minimum Gasteiger partial charge on any atom is -0.314 e. The predicted molar refractivity (Wildman–Crippen MR) is 69.3 cm³/mol. The Bertz CT molecular complexity index is 143. The number of hydrogen-bond donors (Lipinski definition) is 1. The van der Waals surface area contributed by atoms with Crippen molar-refractivity contribution < 1.29 is 0 Å². The largest absolute Gasteiger partial charge is 0.314 e. The SMILES string of the molecule is CCNC(C)CCN(CC(C)C)C(C)C. The third-order valence-corrected chi connectivity index (χ3v) is 2.73. The molecule has 0 bridgehead atoms. The summed E-state index contributed by atoms with van der Waals surface area (Å²) in [6, 6.07) is 1.31. The molecule has 1 unspecified atom stereocenters. The lowest BCUT2D eigenvalue weighted by Gasteiger charge is -2.29. The van der Waals surface area contributed by atoms with Gasteiger partial charge in [0, 0.05) is 18.6 Å². The lowest BCUT2D eigenvalue weighted by Crippen LogP contribution is -2.38. The van der Waals surface area contributed by atoms with Crippen molar-refractivity contribution in [1.82, 2.24) is 10.2 Å². The molecule has 0 saturated carbocycles. The number of nitrogens with zero attached hydrogens (tertiary/aromatic N) is 1. The summed E-state index contributed by atoms with van der Waals surface area (Å²) in [6.45, 7) is 17.1. The van der Waals surface area contributed by atoms with Gasteiger partial charge in [-0.25, -0.2) is 0 Å². The van der Waals surface area contributed by atoms with Crippen LogP contribution in [0.1, 0.15) is 48.0 Å². The molecule has 1 atom stereocenters. The third kappa shape index (κ3) is 7.80. The molecule has 0 aromatic rings. The first-order valence-electron chi connectivity index (χ1n) is 6.44. The Morgan fingerprint density at radius 3 is 2.07 bits per heavy atom. The van der Waals surface area contributed by atoms with E-state index in [-0.39, 0.29) is 0 Å². The van der Waals surface area contributed by atoms with Gasteiger partial charge in [-0.05, 0) is 46.2 Å². The van der Waals surface area contributed by atoms with Gasteiger partial charge in [0.15, 0.2) is 0 Å². The maximum absolute atomic E-state index is 3.47. The first-order valence-corrected chi connectivity index (χ1v) is 6.44. The van der Waals surface area contributed by atoms with Gasteiger partial charge in [-0.1, -0.05) is 20.8 Å². The summed E-state index contributed by atoms with van der Waals surface area (Å²) in [5, 5.41) is 3.47. The van der Waals surface area contributed by atoms with E-state index in [1.54, 1.807) is 0 Å². The van der Waals surface area contributed by atoms with Gasteiger partial charge in [-0.3, -0.25) is 0 Å². The Morgan fingerprint density at radius 1 is 1.07 bits per heavy atom. The summed E-state index contributed by atoms with van der Waals surface area (Å²) < 4.78 is 0. The van der Waals surface area contributed by atoms with Crippen LogP contribution in [0, 0.1) is 5.92 Å². The molecule has 15 heavy (non-hydrogen) atoms. The van der Waals surface area contributed by atoms with Crippen molar-refractivity contribution in [3.8, 4) is 0 Å². The van der Waals surface area contributed by atoms with Gasteiger partial charge in [-0.15, -0.1) is 0 Å². The van der Waals surface area contributed by atoms with Crippen LogP contribution < -0.4 is 5.32 Å². The smallest absolute Gasteiger partial charge is 0.00507 e. The Morgan fingerprint density at radius 2 is 1.67 bits per heavy atom. The zero-order valence-electron chi connectivity index (χ0n) is 11.5. The Balaban J connectivity index is 3.85. The average molecular weight is 214 g/mol. The first kappa shape index (κ1) is 14.9. The van der Waals surface area contributed by atoms with Gasteiger partial charge in [0.25, 0.3) is 0 Å². The fraction of sp³-hybridized carbons (Fsp3) is 1.00. The maximum Gasteiger partial charge on any atom is 0.00507 e. The molecule has 0 aliphatic heterocycles. The van der Waals surface area contributed by atoms with E-state index >= 15 is 0 Å². The zero-order valence-corrected chi connectivity index (χ0v) is 11.5. The molecule has 2 heteroatoms. The third-order valence-electron chi connectivity index (χ3n) is 2.73. The van der Waals surface area contributed by atoms with Crippen LogP contribution in [0.3, 0.4) is 0 Å². The molecule has 0 amide bonds. The molecule has 0 fully saturated rings. The molecule has 0 aromatic carbocycles. The molecule has 2 nitrogen and oxygen atoms in total. The molecule has 0 spiro atoms. The summed E-state index contributed by atoms with van der Waals surface area (Å²) in [4.78, 5) is 2.58. The maximum atomic E-state index is 3.47. The van der Waals surface area contributed by atoms with Crippen molar-refractivity contribution in [2.24, 2.45) is 5.92 Å². The molecule has 0 saturated heterocycles. The molecular formula is C13H30N2. The first-order chi connectivity index (χ1) is 6.97. The highest BCUT2D eigenvalue weighted by Gasteiger charge is 2.12. The lowest BCUT2D eigenvalue weighted by molar-refractivity contribution is 0.189. The van der Waals surface area contributed by atoms with Crippen molar-refractivity contribution in [3.05, 3.63) is 0 Å². The lowest BCUT2D eigenvalue weighted by atomic mass is 10.1. The van der Waals surface area contributed by atoms with E-state index in [1.165, 1.54) is 19.5 Å². The quantitative estimate of drug-likeness (QED) is 0.668. The Kier molecular flexibility index (Phi) is 8.07. The van der Waals surface area contributed by atoms with Crippen LogP contribution >= 0.6 is 0 Å². The predicted octanol–water partition coefficient (Wildman–Crippen LogP) is 2.74. The number of hydrogen-bond acceptors (Lipinski definition) is 2. The van der Waals surface area contributed by atoms with Crippen LogP contribution in [0.25, 0.3) is 0 Å². The topological polar surface area (TPSA) is 15.3 Å². The molecule has 0 radical (unpaired) electrons. The van der Waals surface area contributed by atoms with Crippen LogP contribution in [0.2, 0.25) is 0 Å². The standard InChI is InChI=1S/C13H30N2/c1-7-14-13(6)8-9-15(12(4)5)10-11(2)3/h11-14H,7-10H2,1-6H3. The summed E-state index contributed by atoms with van der Waals surface area (Å²) in [6.07, 6.45) is 1.25. The van der Waals surface area contributed by atoms with Crippen molar-refractivity contribution in [3.63, 3.8) is 0 Å². The monoisotopic (exact) mass is 214 g/mol. The highest BCUT2D eigenvalue weighted by Crippen LogP contribution is 2.06. The van der Waals surface area contributed by atoms with Crippen LogP contribution in [0.15, 0.2) is 0 Å². The second-order valence-corrected chi connectivity index (χ2v) is 5.23. The van der Waals surface area contributed by atoms with E-state index in [2.05, 4.69) is 51.8 Å². The van der Waals surface area contributed by atoms with Crippen LogP contribution in [0.5, 0.6) is 0 Å². The van der Waals surface area contributed by atoms with Crippen LogP contribution in [-0.4, -0.2) is 36.6 Å². The van der Waals surface area contributed by atoms with Gasteiger partial charge in [-0.2, -0.15) is 0 Å². The van der Waals surface area contributed by atoms with Gasteiger partial charge in [0.1, 0.15) is 0 Å². The van der Waals surface area contributed by atoms with Gasteiger partial charge in [0.05, 0.1) is 0 Å². The summed E-state index contributed by atoms with van der Waals surface area (Å²) >= 11 is 0. The molecular weight excluding hydrogens is 184 g/mol. The molecule has 0 aliphatic carbocycles. The van der Waals surface area contributed by atoms with Gasteiger partial charge in [0.2, 0.25) is 0 Å². The molecule has 92 valence electrons. The highest BCUT2D eigenvalue weighted by atomic mass is 15.1. The zero-order chi connectivity index (χ0) is 11.8. The fourth-order valence-electron chi connectivity index (χ4n) is 1.84. The van der Waals surface area contributed by atoms with E-state index < -0.39 is 0 Å². The molecule has 0 rings (SSSR count). The van der Waals surface area contributed by atoms with E-state index in [0.717, 1.165) is 12.5 Å². The highest BCUT2D eigenvalue weighted by molar-refractivity contribution is 4.68. The van der Waals surface area contributed by atoms with Gasteiger partial charge >= 0.3 is 0 Å². The van der Waals surface area contributed by atoms with E-state index in [0.29, 0.717) is 12.1 Å². The van der Waals surface area contributed by atoms with E-state index in [1.807, 2.05) is 0 Å². The summed E-state index contributed by atoms with van der Waals surface area (Å²) in [5.41, 5.74) is 0. The second-order valence-electron chi connectivity index (χ2n) is 5.23. The van der Waals surface area contributed by atoms with Crippen molar-refractivity contribution >= 4 is 0 Å². The van der Waals surface area contributed by atoms with Gasteiger partial charge < -0.3 is 10.2 Å². The van der Waals surface area contributed by atoms with E-state index in [4.69, 9.17) is 0 Å². The molecule has 0 aliphatic rings. The normalized spacial score (nSPS) is 14.2. The van der Waals surface area contributed by atoms with Crippen molar-refractivity contribution in [1.29, 1.82) is 0 Å². The Hall–Kier alpha value is -0.0800. The summed E-state index contributed by atoms with van der Waals surface area (Å²) in [5.74, 6) is 0.766. The second kappa shape index (κ2) is 8.12. The van der Waals surface area contributed by atoms with Crippen LogP contribution in [-0.2, 0) is 0 Å². The molecule has 0 heterocycles. The van der Waals surface area contributed by atoms with Crippen molar-refractivity contribution in [2.75, 3.05) is 19.6 Å². The minimum atomic E-state index is 0.642. The fourth-order valence-corrected chi connectivity index (χ4v) is 1.84. The van der Waals surface area contributed by atoms with Crippen LogP contribution in [0.4, 0.5) is 0 Å². The van der Waals surface area contributed by atoms with E-state index in [9.17, 15) is 0 Å². The van der Waals surface area contributed by atoms with Crippen molar-refractivity contribution in [2.45, 2.75) is 60.0 Å².